The average molecular weight is 248 g/mol. The molecular weight excluding hydrogens is 232 g/mol. The fourth-order valence-electron chi connectivity index (χ4n) is 2.81. The molecule has 5 nitrogen and oxygen atoms in total. The maximum atomic E-state index is 10.2. The van der Waals surface area contributed by atoms with E-state index in [2.05, 4.69) is 4.99 Å². The summed E-state index contributed by atoms with van der Waals surface area (Å²) < 4.78 is 7.26. The Hall–Kier alpha value is -1.91. The van der Waals surface area contributed by atoms with Gasteiger partial charge in [-0.2, -0.15) is 0 Å². The van der Waals surface area contributed by atoms with Gasteiger partial charge < -0.3 is 14.9 Å². The zero-order valence-electron chi connectivity index (χ0n) is 10.6. The SMILES string of the molecule is CCn1c(O)c2c(c1O)[C@@H]1N=CC(C)=C[C@]1(C)O2. The Kier molecular flexibility index (Phi) is 2.06. The number of hydrogen-bond donors (Lipinski definition) is 2. The van der Waals surface area contributed by atoms with Crippen LogP contribution in [-0.2, 0) is 6.54 Å². The van der Waals surface area contributed by atoms with Crippen LogP contribution < -0.4 is 4.74 Å². The minimum Gasteiger partial charge on any atom is -0.494 e. The van der Waals surface area contributed by atoms with Crippen molar-refractivity contribution in [3.05, 3.63) is 17.2 Å². The molecule has 0 saturated heterocycles. The Bertz CT molecular complexity index is 586. The monoisotopic (exact) mass is 248 g/mol. The number of dihydropyridines is 1. The zero-order valence-corrected chi connectivity index (χ0v) is 10.6. The van der Waals surface area contributed by atoms with Gasteiger partial charge in [0.05, 0.1) is 5.56 Å². The van der Waals surface area contributed by atoms with Gasteiger partial charge in [0.15, 0.2) is 11.4 Å². The van der Waals surface area contributed by atoms with Crippen molar-refractivity contribution in [2.24, 2.45) is 4.99 Å². The first-order valence-corrected chi connectivity index (χ1v) is 6.04. The predicted octanol–water partition coefficient (Wildman–Crippen LogP) is 2.14. The highest BCUT2D eigenvalue weighted by atomic mass is 16.5. The Morgan fingerprint density at radius 2 is 2.17 bits per heavy atom. The molecule has 2 aliphatic heterocycles. The van der Waals surface area contributed by atoms with Crippen LogP contribution in [-0.4, -0.2) is 26.6 Å². The molecule has 2 N–H and O–H groups in total. The number of aromatic nitrogens is 1. The number of rotatable bonds is 1. The van der Waals surface area contributed by atoms with Crippen molar-refractivity contribution in [1.29, 1.82) is 0 Å². The number of hydrogen-bond acceptors (Lipinski definition) is 4. The topological polar surface area (TPSA) is 67.0 Å². The molecule has 3 rings (SSSR count). The number of nitrogens with zero attached hydrogens (tertiary/aromatic N) is 2. The fourth-order valence-corrected chi connectivity index (χ4v) is 2.81. The van der Waals surface area contributed by atoms with Crippen LogP contribution in [0.5, 0.6) is 17.5 Å². The predicted molar refractivity (Wildman–Crippen MR) is 67.5 cm³/mol. The lowest BCUT2D eigenvalue weighted by molar-refractivity contribution is 0.134. The van der Waals surface area contributed by atoms with Crippen molar-refractivity contribution < 1.29 is 14.9 Å². The van der Waals surface area contributed by atoms with E-state index in [4.69, 9.17) is 4.74 Å². The molecule has 5 heteroatoms. The van der Waals surface area contributed by atoms with Gasteiger partial charge in [-0.3, -0.25) is 9.56 Å². The van der Waals surface area contributed by atoms with Gasteiger partial charge >= 0.3 is 0 Å². The maximum absolute atomic E-state index is 10.2. The summed E-state index contributed by atoms with van der Waals surface area (Å²) in [7, 11) is 0. The molecule has 2 aliphatic rings. The van der Waals surface area contributed by atoms with Crippen LogP contribution in [0, 0.1) is 0 Å². The molecule has 1 aromatic rings. The van der Waals surface area contributed by atoms with E-state index in [1.54, 1.807) is 6.21 Å². The van der Waals surface area contributed by atoms with Crippen molar-refractivity contribution in [1.82, 2.24) is 4.57 Å². The third-order valence-electron chi connectivity index (χ3n) is 3.60. The molecule has 0 aromatic carbocycles. The number of aromatic hydroxyl groups is 2. The molecule has 0 saturated carbocycles. The summed E-state index contributed by atoms with van der Waals surface area (Å²) >= 11 is 0. The third kappa shape index (κ3) is 1.19. The highest BCUT2D eigenvalue weighted by Crippen LogP contribution is 2.56. The van der Waals surface area contributed by atoms with E-state index in [-0.39, 0.29) is 17.8 Å². The van der Waals surface area contributed by atoms with Gasteiger partial charge in [-0.15, -0.1) is 0 Å². The average Bonchev–Trinajstić information content (AvgIpc) is 2.71. The first-order chi connectivity index (χ1) is 8.48. The van der Waals surface area contributed by atoms with Crippen LogP contribution in [0.15, 0.2) is 16.6 Å². The van der Waals surface area contributed by atoms with E-state index in [1.165, 1.54) is 4.57 Å². The Balaban J connectivity index is 2.19. The van der Waals surface area contributed by atoms with Crippen molar-refractivity contribution in [2.45, 2.75) is 39.0 Å². The van der Waals surface area contributed by atoms with Crippen LogP contribution in [0.25, 0.3) is 0 Å². The quantitative estimate of drug-likeness (QED) is 0.800. The molecule has 0 spiro atoms. The Morgan fingerprint density at radius 3 is 2.83 bits per heavy atom. The molecule has 0 radical (unpaired) electrons. The third-order valence-corrected chi connectivity index (χ3v) is 3.60. The van der Waals surface area contributed by atoms with E-state index in [9.17, 15) is 10.2 Å². The summed E-state index contributed by atoms with van der Waals surface area (Å²) in [5.74, 6) is 0.371. The second kappa shape index (κ2) is 3.31. The number of aliphatic imine (C=N–C) groups is 1. The van der Waals surface area contributed by atoms with Gasteiger partial charge in [-0.25, -0.2) is 0 Å². The summed E-state index contributed by atoms with van der Waals surface area (Å²) in [5, 5.41) is 20.2. The van der Waals surface area contributed by atoms with Gasteiger partial charge in [0.1, 0.15) is 6.04 Å². The summed E-state index contributed by atoms with van der Waals surface area (Å²) in [6.45, 7) is 6.19. The lowest BCUT2D eigenvalue weighted by Gasteiger charge is -2.29. The minimum atomic E-state index is -0.620. The van der Waals surface area contributed by atoms with Gasteiger partial charge in [0.2, 0.25) is 11.8 Å². The molecule has 1 aromatic heterocycles. The summed E-state index contributed by atoms with van der Waals surface area (Å²) in [6.07, 6.45) is 3.74. The zero-order chi connectivity index (χ0) is 13.1. The molecular formula is C13H16N2O3. The molecule has 0 fully saturated rings. The molecule has 0 bridgehead atoms. The van der Waals surface area contributed by atoms with Crippen LogP contribution in [0.2, 0.25) is 0 Å². The highest BCUT2D eigenvalue weighted by molar-refractivity contribution is 5.80. The van der Waals surface area contributed by atoms with E-state index in [0.717, 1.165) is 5.57 Å². The van der Waals surface area contributed by atoms with E-state index in [0.29, 0.717) is 17.9 Å². The van der Waals surface area contributed by atoms with Crippen LogP contribution in [0.1, 0.15) is 32.4 Å². The van der Waals surface area contributed by atoms with E-state index in [1.807, 2.05) is 26.8 Å². The summed E-state index contributed by atoms with van der Waals surface area (Å²) in [6, 6.07) is -0.296. The first kappa shape index (κ1) is 11.2. The summed E-state index contributed by atoms with van der Waals surface area (Å²) in [4.78, 5) is 4.43. The van der Waals surface area contributed by atoms with Crippen molar-refractivity contribution >= 4 is 6.21 Å². The Labute approximate surface area is 105 Å². The van der Waals surface area contributed by atoms with Gasteiger partial charge in [0.25, 0.3) is 0 Å². The maximum Gasteiger partial charge on any atom is 0.238 e. The molecule has 96 valence electrons. The molecule has 2 atom stereocenters. The minimum absolute atomic E-state index is 0.0260. The second-order valence-electron chi connectivity index (χ2n) is 4.99. The lowest BCUT2D eigenvalue weighted by Crippen LogP contribution is -2.34. The molecule has 0 amide bonds. The first-order valence-electron chi connectivity index (χ1n) is 6.04. The summed E-state index contributed by atoms with van der Waals surface area (Å²) in [5.41, 5.74) is 0.976. The fraction of sp³-hybridized carbons (Fsp3) is 0.462. The molecule has 0 aliphatic carbocycles. The van der Waals surface area contributed by atoms with Gasteiger partial charge in [-0.1, -0.05) is 0 Å². The smallest absolute Gasteiger partial charge is 0.238 e. The number of allylic oxidation sites excluding steroid dienone is 1. The molecule has 18 heavy (non-hydrogen) atoms. The van der Waals surface area contributed by atoms with Crippen molar-refractivity contribution in [2.75, 3.05) is 0 Å². The lowest BCUT2D eigenvalue weighted by atomic mass is 9.90. The largest absolute Gasteiger partial charge is 0.494 e. The molecule has 3 heterocycles. The van der Waals surface area contributed by atoms with Crippen molar-refractivity contribution in [3.8, 4) is 17.5 Å². The van der Waals surface area contributed by atoms with Crippen LogP contribution >= 0.6 is 0 Å². The standard InChI is InChI=1S/C13H16N2O3/c1-4-15-11(16)8-9(12(15)17)18-13(3)5-7(2)6-14-10(8)13/h5-6,10,16-17H,4H2,1-3H3/t10-,13-/m0/s1. The van der Waals surface area contributed by atoms with Crippen molar-refractivity contribution in [3.63, 3.8) is 0 Å². The normalized spacial score (nSPS) is 28.6. The highest BCUT2D eigenvalue weighted by Gasteiger charge is 2.49. The molecule has 0 unspecified atom stereocenters. The Morgan fingerprint density at radius 1 is 1.44 bits per heavy atom. The van der Waals surface area contributed by atoms with E-state index >= 15 is 0 Å². The second-order valence-corrected chi connectivity index (χ2v) is 4.99. The van der Waals surface area contributed by atoms with Crippen LogP contribution in [0.3, 0.4) is 0 Å². The number of ether oxygens (including phenoxy) is 1. The van der Waals surface area contributed by atoms with E-state index < -0.39 is 5.60 Å². The van der Waals surface area contributed by atoms with Gasteiger partial charge in [0, 0.05) is 12.8 Å². The van der Waals surface area contributed by atoms with Crippen LogP contribution in [0.4, 0.5) is 0 Å². The number of fused-ring (bicyclic) bond motifs is 3. The van der Waals surface area contributed by atoms with Gasteiger partial charge in [-0.05, 0) is 32.4 Å².